The molecule has 3 nitrogen and oxygen atoms in total. The predicted molar refractivity (Wildman–Crippen MR) is 80.2 cm³/mol. The second-order valence-electron chi connectivity index (χ2n) is 5.90. The van der Waals surface area contributed by atoms with Gasteiger partial charge in [-0.3, -0.25) is 0 Å². The lowest BCUT2D eigenvalue weighted by molar-refractivity contribution is -0.143. The summed E-state index contributed by atoms with van der Waals surface area (Å²) in [6, 6.07) is 9.17. The first-order valence-corrected chi connectivity index (χ1v) is 7.49. The molecule has 1 aliphatic rings. The molecule has 0 saturated heterocycles. The highest BCUT2D eigenvalue weighted by Gasteiger charge is 2.39. The summed E-state index contributed by atoms with van der Waals surface area (Å²) in [7, 11) is 0. The van der Waals surface area contributed by atoms with Crippen LogP contribution in [0.2, 0.25) is 0 Å². The average molecular weight is 317 g/mol. The molecule has 118 valence electrons. The topological polar surface area (TPSA) is 30.2 Å². The average Bonchev–Trinajstić information content (AvgIpc) is 3.09. The fourth-order valence-corrected chi connectivity index (χ4v) is 3.14. The van der Waals surface area contributed by atoms with Crippen molar-refractivity contribution < 1.29 is 13.2 Å². The Morgan fingerprint density at radius 2 is 1.83 bits per heavy atom. The summed E-state index contributed by atoms with van der Waals surface area (Å²) in [5.41, 5.74) is 2.82. The predicted octanol–water partition coefficient (Wildman–Crippen LogP) is 4.21. The molecule has 4 rings (SSSR count). The van der Waals surface area contributed by atoms with Gasteiger partial charge < -0.3 is 0 Å². The van der Waals surface area contributed by atoms with Crippen LogP contribution in [-0.2, 0) is 19.0 Å². The van der Waals surface area contributed by atoms with Crippen LogP contribution in [0.25, 0.3) is 16.9 Å². The second kappa shape index (κ2) is 4.81. The summed E-state index contributed by atoms with van der Waals surface area (Å²) in [6.45, 7) is 1.96. The van der Waals surface area contributed by atoms with Gasteiger partial charge in [-0.25, -0.2) is 9.50 Å². The highest BCUT2D eigenvalue weighted by atomic mass is 19.4. The Morgan fingerprint density at radius 3 is 2.52 bits per heavy atom. The summed E-state index contributed by atoms with van der Waals surface area (Å²) < 4.78 is 41.6. The minimum Gasteiger partial charge on any atom is -0.233 e. The first-order chi connectivity index (χ1) is 10.9. The molecule has 3 aromatic rings. The number of aryl methyl sites for hydroxylation is 2. The third kappa shape index (κ3) is 2.29. The van der Waals surface area contributed by atoms with Crippen LogP contribution in [0.4, 0.5) is 13.2 Å². The van der Waals surface area contributed by atoms with E-state index >= 15 is 0 Å². The van der Waals surface area contributed by atoms with Crippen molar-refractivity contribution in [2.75, 3.05) is 0 Å². The molecular formula is C17H14F3N3. The van der Waals surface area contributed by atoms with E-state index in [1.54, 1.807) is 6.07 Å². The molecule has 1 aliphatic carbocycles. The van der Waals surface area contributed by atoms with Gasteiger partial charge in [0.1, 0.15) is 0 Å². The lowest BCUT2D eigenvalue weighted by Gasteiger charge is -2.13. The molecule has 0 unspecified atom stereocenters. The molecule has 2 heterocycles. The third-order valence-electron chi connectivity index (χ3n) is 4.24. The number of nitrogens with zero attached hydrogens (tertiary/aromatic N) is 3. The normalized spacial score (nSPS) is 14.4. The Labute approximate surface area is 130 Å². The van der Waals surface area contributed by atoms with Gasteiger partial charge in [0.15, 0.2) is 11.3 Å². The van der Waals surface area contributed by atoms with Gasteiger partial charge in [0.2, 0.25) is 0 Å². The molecule has 0 radical (unpaired) electrons. The Bertz CT molecular complexity index is 892. The standard InChI is InChI=1S/C17H14F3N3/c1-10-5-7-11(8-6-10)14-9-15-21-13-4-2-3-12(13)16(17(18,19)20)23(15)22-14/h5-9H,2-4H2,1H3. The van der Waals surface area contributed by atoms with E-state index in [9.17, 15) is 13.2 Å². The number of rotatable bonds is 1. The van der Waals surface area contributed by atoms with Gasteiger partial charge in [0, 0.05) is 22.9 Å². The van der Waals surface area contributed by atoms with Crippen molar-refractivity contribution >= 4 is 5.65 Å². The molecule has 0 bridgehead atoms. The van der Waals surface area contributed by atoms with Crippen molar-refractivity contribution in [3.63, 3.8) is 0 Å². The van der Waals surface area contributed by atoms with Gasteiger partial charge in [-0.15, -0.1) is 0 Å². The van der Waals surface area contributed by atoms with Crippen LogP contribution in [0.15, 0.2) is 30.3 Å². The number of fused-ring (bicyclic) bond motifs is 2. The highest BCUT2D eigenvalue weighted by molar-refractivity contribution is 5.65. The maximum absolute atomic E-state index is 13.5. The van der Waals surface area contributed by atoms with Crippen molar-refractivity contribution in [2.45, 2.75) is 32.4 Å². The number of hydrogen-bond donors (Lipinski definition) is 0. The fourth-order valence-electron chi connectivity index (χ4n) is 3.14. The summed E-state index contributed by atoms with van der Waals surface area (Å²) >= 11 is 0. The van der Waals surface area contributed by atoms with Crippen molar-refractivity contribution in [1.29, 1.82) is 0 Å². The van der Waals surface area contributed by atoms with E-state index in [4.69, 9.17) is 0 Å². The van der Waals surface area contributed by atoms with Gasteiger partial charge in [-0.2, -0.15) is 18.3 Å². The molecule has 2 aromatic heterocycles. The van der Waals surface area contributed by atoms with Crippen LogP contribution < -0.4 is 0 Å². The Hall–Kier alpha value is -2.37. The molecule has 6 heteroatoms. The number of benzene rings is 1. The molecule has 0 saturated carbocycles. The van der Waals surface area contributed by atoms with Gasteiger partial charge in [0.05, 0.1) is 5.69 Å². The largest absolute Gasteiger partial charge is 0.433 e. The molecule has 0 amide bonds. The van der Waals surface area contributed by atoms with Crippen LogP contribution in [0.3, 0.4) is 0 Å². The molecule has 0 aliphatic heterocycles. The number of hydrogen-bond acceptors (Lipinski definition) is 2. The van der Waals surface area contributed by atoms with E-state index < -0.39 is 11.9 Å². The lowest BCUT2D eigenvalue weighted by Crippen LogP contribution is -2.17. The summed E-state index contributed by atoms with van der Waals surface area (Å²) in [5.74, 6) is 0. The number of halogens is 3. The molecule has 1 aromatic carbocycles. The number of aromatic nitrogens is 3. The Kier molecular flexibility index (Phi) is 2.98. The molecule has 0 N–H and O–H groups in total. The Morgan fingerprint density at radius 1 is 1.09 bits per heavy atom. The van der Waals surface area contributed by atoms with Gasteiger partial charge in [0.25, 0.3) is 0 Å². The van der Waals surface area contributed by atoms with Gasteiger partial charge >= 0.3 is 6.18 Å². The summed E-state index contributed by atoms with van der Waals surface area (Å²) in [5, 5.41) is 4.19. The van der Waals surface area contributed by atoms with Crippen LogP contribution in [0, 0.1) is 6.92 Å². The zero-order chi connectivity index (χ0) is 16.2. The van der Waals surface area contributed by atoms with Crippen molar-refractivity contribution in [1.82, 2.24) is 14.6 Å². The quantitative estimate of drug-likeness (QED) is 0.673. The van der Waals surface area contributed by atoms with Gasteiger partial charge in [-0.1, -0.05) is 29.8 Å². The van der Waals surface area contributed by atoms with E-state index in [0.29, 0.717) is 36.2 Å². The smallest absolute Gasteiger partial charge is 0.233 e. The fraction of sp³-hybridized carbons (Fsp3) is 0.294. The highest BCUT2D eigenvalue weighted by Crippen LogP contribution is 2.37. The molecule has 0 atom stereocenters. The van der Waals surface area contributed by atoms with E-state index in [0.717, 1.165) is 15.6 Å². The van der Waals surface area contributed by atoms with Crippen LogP contribution >= 0.6 is 0 Å². The summed E-state index contributed by atoms with van der Waals surface area (Å²) in [4.78, 5) is 4.39. The molecular weight excluding hydrogens is 303 g/mol. The number of alkyl halides is 3. The van der Waals surface area contributed by atoms with E-state index in [-0.39, 0.29) is 5.65 Å². The lowest BCUT2D eigenvalue weighted by atomic mass is 10.1. The first kappa shape index (κ1) is 14.2. The van der Waals surface area contributed by atoms with E-state index in [2.05, 4.69) is 10.1 Å². The second-order valence-corrected chi connectivity index (χ2v) is 5.90. The van der Waals surface area contributed by atoms with Gasteiger partial charge in [-0.05, 0) is 26.2 Å². The van der Waals surface area contributed by atoms with Crippen molar-refractivity contribution in [2.24, 2.45) is 0 Å². The maximum Gasteiger partial charge on any atom is 0.433 e. The molecule has 0 fully saturated rings. The zero-order valence-electron chi connectivity index (χ0n) is 12.5. The van der Waals surface area contributed by atoms with Crippen molar-refractivity contribution in [3.8, 4) is 11.3 Å². The van der Waals surface area contributed by atoms with E-state index in [1.807, 2.05) is 31.2 Å². The third-order valence-corrected chi connectivity index (χ3v) is 4.24. The summed E-state index contributed by atoms with van der Waals surface area (Å²) in [6.07, 6.45) is -2.72. The van der Waals surface area contributed by atoms with Crippen LogP contribution in [0.1, 0.15) is 28.9 Å². The van der Waals surface area contributed by atoms with Crippen molar-refractivity contribution in [3.05, 3.63) is 52.8 Å². The first-order valence-electron chi connectivity index (χ1n) is 7.49. The minimum absolute atomic E-state index is 0.258. The zero-order valence-corrected chi connectivity index (χ0v) is 12.5. The van der Waals surface area contributed by atoms with E-state index in [1.165, 1.54) is 0 Å². The maximum atomic E-state index is 13.5. The Balaban J connectivity index is 1.97. The monoisotopic (exact) mass is 317 g/mol. The molecule has 0 spiro atoms. The molecule has 23 heavy (non-hydrogen) atoms. The SMILES string of the molecule is Cc1ccc(-c2cc3nc4c(c(C(F)(F)F)n3n2)CCC4)cc1. The van der Waals surface area contributed by atoms with Crippen LogP contribution in [0.5, 0.6) is 0 Å². The van der Waals surface area contributed by atoms with Crippen LogP contribution in [-0.4, -0.2) is 14.6 Å². The minimum atomic E-state index is -4.44.